The first-order valence-corrected chi connectivity index (χ1v) is 9.73. The van der Waals surface area contributed by atoms with E-state index < -0.39 is 12.0 Å². The molecule has 2 aromatic rings. The molecule has 0 saturated heterocycles. The second-order valence-corrected chi connectivity index (χ2v) is 6.77. The molecule has 0 amide bonds. The average molecular weight is 386 g/mol. The number of methoxy groups -OCH3 is 1. The highest BCUT2D eigenvalue weighted by molar-refractivity contribution is 5.73. The van der Waals surface area contributed by atoms with E-state index in [1.807, 2.05) is 54.6 Å². The smallest absolute Gasteiger partial charge is 0.311 e. The molecule has 0 spiro atoms. The maximum absolute atomic E-state index is 12.5. The molecule has 2 atom stereocenters. The van der Waals surface area contributed by atoms with Crippen molar-refractivity contribution in [2.24, 2.45) is 5.92 Å². The summed E-state index contributed by atoms with van der Waals surface area (Å²) in [5.41, 5.74) is 1.90. The van der Waals surface area contributed by atoms with Gasteiger partial charge in [-0.1, -0.05) is 62.2 Å². The van der Waals surface area contributed by atoms with E-state index >= 15 is 0 Å². The molecule has 0 fully saturated rings. The fourth-order valence-electron chi connectivity index (χ4n) is 2.86. The minimum atomic E-state index is -0.895. The van der Waals surface area contributed by atoms with Crippen molar-refractivity contribution < 1.29 is 24.1 Å². The Labute approximate surface area is 167 Å². The van der Waals surface area contributed by atoms with Crippen LogP contribution in [0.5, 0.6) is 5.75 Å². The molecule has 0 saturated carbocycles. The topological polar surface area (TPSA) is 65.0 Å². The molecule has 1 N–H and O–H groups in total. The molecule has 0 aromatic heterocycles. The number of ether oxygens (including phenoxy) is 3. The Morgan fingerprint density at radius 3 is 2.32 bits per heavy atom. The Morgan fingerprint density at radius 2 is 1.68 bits per heavy atom. The second-order valence-electron chi connectivity index (χ2n) is 6.77. The van der Waals surface area contributed by atoms with Gasteiger partial charge in [0.15, 0.2) is 0 Å². The van der Waals surface area contributed by atoms with Crippen LogP contribution in [0.2, 0.25) is 0 Å². The van der Waals surface area contributed by atoms with Crippen molar-refractivity contribution in [1.29, 1.82) is 0 Å². The predicted octanol–water partition coefficient (Wildman–Crippen LogP) is 4.12. The first-order chi connectivity index (χ1) is 13.6. The summed E-state index contributed by atoms with van der Waals surface area (Å²) >= 11 is 0. The number of esters is 1. The van der Waals surface area contributed by atoms with Crippen LogP contribution in [-0.4, -0.2) is 30.9 Å². The van der Waals surface area contributed by atoms with Crippen LogP contribution >= 0.6 is 0 Å². The van der Waals surface area contributed by atoms with Gasteiger partial charge >= 0.3 is 5.97 Å². The molecular weight excluding hydrogens is 356 g/mol. The van der Waals surface area contributed by atoms with Crippen molar-refractivity contribution in [3.63, 3.8) is 0 Å². The Bertz CT molecular complexity index is 684. The Morgan fingerprint density at radius 1 is 1.00 bits per heavy atom. The number of carbonyl (C=O) groups is 1. The number of hydrogen-bond acceptors (Lipinski definition) is 5. The van der Waals surface area contributed by atoms with Crippen LogP contribution in [0, 0.1) is 5.92 Å². The lowest BCUT2D eigenvalue weighted by atomic mass is 9.96. The number of unbranched alkanes of at least 4 members (excludes halogenated alkanes) is 1. The van der Waals surface area contributed by atoms with Gasteiger partial charge in [-0.25, -0.2) is 0 Å². The summed E-state index contributed by atoms with van der Waals surface area (Å²) in [6.45, 7) is 2.71. The molecule has 0 aliphatic rings. The fraction of sp³-hybridized carbons (Fsp3) is 0.435. The quantitative estimate of drug-likeness (QED) is 0.556. The van der Waals surface area contributed by atoms with Crippen LogP contribution in [0.15, 0.2) is 54.6 Å². The summed E-state index contributed by atoms with van der Waals surface area (Å²) in [6, 6.07) is 17.1. The van der Waals surface area contributed by atoms with Crippen LogP contribution in [0.25, 0.3) is 0 Å². The van der Waals surface area contributed by atoms with Crippen molar-refractivity contribution in [3.8, 4) is 5.75 Å². The molecule has 0 unspecified atom stereocenters. The van der Waals surface area contributed by atoms with E-state index in [-0.39, 0.29) is 19.2 Å². The van der Waals surface area contributed by atoms with E-state index in [9.17, 15) is 9.90 Å². The number of carbonyl (C=O) groups excluding carboxylic acids is 1. The third kappa shape index (κ3) is 7.33. The molecule has 2 rings (SSSR count). The Hall–Kier alpha value is -2.37. The predicted molar refractivity (Wildman–Crippen MR) is 108 cm³/mol. The van der Waals surface area contributed by atoms with E-state index in [0.29, 0.717) is 13.0 Å². The van der Waals surface area contributed by atoms with Crippen LogP contribution < -0.4 is 4.74 Å². The van der Waals surface area contributed by atoms with E-state index in [4.69, 9.17) is 14.2 Å². The lowest BCUT2D eigenvalue weighted by Crippen LogP contribution is -2.33. The molecule has 0 aliphatic carbocycles. The van der Waals surface area contributed by atoms with Crippen LogP contribution in [0.3, 0.4) is 0 Å². The standard InChI is InChI=1S/C23H30O5/c1-3-4-10-21(23(25)28-16-18-8-6-5-7-9-18)22(24)17-27-15-19-11-13-20(26-2)14-12-19/h5-9,11-14,21-22,24H,3-4,10,15-17H2,1-2H3/t21-,22+/m1/s1. The summed E-state index contributed by atoms with van der Waals surface area (Å²) in [4.78, 5) is 12.5. The van der Waals surface area contributed by atoms with Gasteiger partial charge < -0.3 is 19.3 Å². The van der Waals surface area contributed by atoms with Crippen LogP contribution in [0.4, 0.5) is 0 Å². The maximum Gasteiger partial charge on any atom is 0.311 e. The first-order valence-electron chi connectivity index (χ1n) is 9.73. The Kier molecular flexibility index (Phi) is 9.52. The van der Waals surface area contributed by atoms with Gasteiger partial charge in [0, 0.05) is 0 Å². The summed E-state index contributed by atoms with van der Waals surface area (Å²) < 4.78 is 16.2. The highest BCUT2D eigenvalue weighted by Gasteiger charge is 2.28. The van der Waals surface area contributed by atoms with Gasteiger partial charge in [-0.2, -0.15) is 0 Å². The van der Waals surface area contributed by atoms with Gasteiger partial charge in [-0.05, 0) is 29.7 Å². The summed E-state index contributed by atoms with van der Waals surface area (Å²) in [5, 5.41) is 10.5. The van der Waals surface area contributed by atoms with Gasteiger partial charge in [0.25, 0.3) is 0 Å². The van der Waals surface area contributed by atoms with Crippen molar-refractivity contribution in [2.45, 2.75) is 45.5 Å². The van der Waals surface area contributed by atoms with E-state index in [1.165, 1.54) is 0 Å². The summed E-state index contributed by atoms with van der Waals surface area (Å²) in [6.07, 6.45) is 1.48. The number of benzene rings is 2. The fourth-order valence-corrected chi connectivity index (χ4v) is 2.86. The zero-order chi connectivity index (χ0) is 20.2. The molecule has 2 aromatic carbocycles. The SMILES string of the molecule is CCCC[C@@H](C(=O)OCc1ccccc1)[C@@H](O)COCc1ccc(OC)cc1. The normalized spacial score (nSPS) is 13.0. The van der Waals surface area contributed by atoms with Crippen molar-refractivity contribution >= 4 is 5.97 Å². The third-order valence-corrected chi connectivity index (χ3v) is 4.58. The van der Waals surface area contributed by atoms with Gasteiger partial charge in [-0.15, -0.1) is 0 Å². The average Bonchev–Trinajstić information content (AvgIpc) is 2.73. The monoisotopic (exact) mass is 386 g/mol. The largest absolute Gasteiger partial charge is 0.497 e. The molecule has 0 aliphatic heterocycles. The molecule has 28 heavy (non-hydrogen) atoms. The Balaban J connectivity index is 1.84. The highest BCUT2D eigenvalue weighted by atomic mass is 16.5. The second kappa shape index (κ2) is 12.2. The van der Waals surface area contributed by atoms with Crippen molar-refractivity contribution in [1.82, 2.24) is 0 Å². The van der Waals surface area contributed by atoms with Gasteiger partial charge in [-0.3, -0.25) is 4.79 Å². The van der Waals surface area contributed by atoms with Gasteiger partial charge in [0.1, 0.15) is 12.4 Å². The van der Waals surface area contributed by atoms with Crippen molar-refractivity contribution in [3.05, 3.63) is 65.7 Å². The molecule has 152 valence electrons. The van der Waals surface area contributed by atoms with E-state index in [2.05, 4.69) is 6.92 Å². The minimum Gasteiger partial charge on any atom is -0.497 e. The maximum atomic E-state index is 12.5. The summed E-state index contributed by atoms with van der Waals surface area (Å²) in [5.74, 6) is -0.179. The lowest BCUT2D eigenvalue weighted by Gasteiger charge is -2.21. The zero-order valence-corrected chi connectivity index (χ0v) is 16.7. The number of hydrogen-bond donors (Lipinski definition) is 1. The molecular formula is C23H30O5. The molecule has 5 heteroatoms. The highest BCUT2D eigenvalue weighted by Crippen LogP contribution is 2.18. The van der Waals surface area contributed by atoms with Gasteiger partial charge in [0.05, 0.1) is 32.3 Å². The van der Waals surface area contributed by atoms with E-state index in [1.54, 1.807) is 7.11 Å². The lowest BCUT2D eigenvalue weighted by molar-refractivity contribution is -0.156. The molecule has 0 bridgehead atoms. The zero-order valence-electron chi connectivity index (χ0n) is 16.7. The van der Waals surface area contributed by atoms with Crippen molar-refractivity contribution in [2.75, 3.05) is 13.7 Å². The molecule has 5 nitrogen and oxygen atoms in total. The van der Waals surface area contributed by atoms with Crippen LogP contribution in [0.1, 0.15) is 37.3 Å². The number of aliphatic hydroxyl groups is 1. The van der Waals surface area contributed by atoms with Gasteiger partial charge in [0.2, 0.25) is 0 Å². The minimum absolute atomic E-state index is 0.0842. The molecule has 0 heterocycles. The van der Waals surface area contributed by atoms with E-state index in [0.717, 1.165) is 29.7 Å². The summed E-state index contributed by atoms with van der Waals surface area (Å²) in [7, 11) is 1.62. The first kappa shape index (κ1) is 21.9. The molecule has 0 radical (unpaired) electrons. The van der Waals surface area contributed by atoms with Crippen LogP contribution in [-0.2, 0) is 27.5 Å². The third-order valence-electron chi connectivity index (χ3n) is 4.58. The number of aliphatic hydroxyl groups excluding tert-OH is 1. The number of rotatable bonds is 12.